The van der Waals surface area contributed by atoms with Crippen molar-refractivity contribution in [2.75, 3.05) is 6.54 Å². The number of sulfonamides is 1. The van der Waals surface area contributed by atoms with Crippen LogP contribution in [0.2, 0.25) is 0 Å². The van der Waals surface area contributed by atoms with E-state index in [0.717, 1.165) is 0 Å². The molecule has 0 aliphatic carbocycles. The zero-order valence-electron chi connectivity index (χ0n) is 11.8. The Morgan fingerprint density at radius 2 is 2.00 bits per heavy atom. The van der Waals surface area contributed by atoms with Crippen LogP contribution in [0.3, 0.4) is 0 Å². The monoisotopic (exact) mass is 304 g/mol. The molecule has 108 valence electrons. The molecule has 6 nitrogen and oxygen atoms in total. The molecule has 0 aromatic carbocycles. The number of nitrogens with one attached hydrogen (secondary N) is 1. The van der Waals surface area contributed by atoms with E-state index in [4.69, 9.17) is 18.0 Å². The van der Waals surface area contributed by atoms with Gasteiger partial charge in [0, 0.05) is 19.0 Å². The Labute approximate surface area is 119 Å². The molecule has 0 saturated heterocycles. The molecule has 0 spiro atoms. The van der Waals surface area contributed by atoms with E-state index in [0.29, 0.717) is 11.4 Å². The minimum Gasteiger partial charge on any atom is -0.393 e. The average Bonchev–Trinajstić information content (AvgIpc) is 2.51. The number of rotatable bonds is 5. The third kappa shape index (κ3) is 3.31. The van der Waals surface area contributed by atoms with E-state index < -0.39 is 15.4 Å². The molecule has 0 aliphatic rings. The second-order valence-electron chi connectivity index (χ2n) is 5.20. The highest BCUT2D eigenvalue weighted by Gasteiger charge is 2.28. The standard InChI is InChI=1S/C11H20N4O2S2/c1-7-9(8(2)15(5)14-7)19(16,17)13-6-11(3,4)10(12)18/h13H,6H2,1-5H3,(H2,12,18). The van der Waals surface area contributed by atoms with Crippen molar-refractivity contribution in [2.45, 2.75) is 32.6 Å². The molecule has 1 rings (SSSR count). The molecule has 0 atom stereocenters. The molecular weight excluding hydrogens is 284 g/mol. The minimum atomic E-state index is -3.62. The van der Waals surface area contributed by atoms with Crippen LogP contribution in [0.15, 0.2) is 4.90 Å². The molecule has 8 heteroatoms. The Balaban J connectivity index is 3.04. The Morgan fingerprint density at radius 1 is 1.47 bits per heavy atom. The van der Waals surface area contributed by atoms with Gasteiger partial charge in [0.2, 0.25) is 10.0 Å². The van der Waals surface area contributed by atoms with Crippen molar-refractivity contribution in [3.05, 3.63) is 11.4 Å². The van der Waals surface area contributed by atoms with Crippen LogP contribution >= 0.6 is 12.2 Å². The summed E-state index contributed by atoms with van der Waals surface area (Å²) in [5.74, 6) is 0. The number of thiocarbonyl (C=S) groups is 1. The topological polar surface area (TPSA) is 90.0 Å². The van der Waals surface area contributed by atoms with Gasteiger partial charge in [-0.2, -0.15) is 5.10 Å². The summed E-state index contributed by atoms with van der Waals surface area (Å²) in [6, 6.07) is 0. The maximum Gasteiger partial charge on any atom is 0.244 e. The molecule has 1 aromatic rings. The fourth-order valence-corrected chi connectivity index (χ4v) is 3.30. The maximum absolute atomic E-state index is 12.3. The minimum absolute atomic E-state index is 0.151. The van der Waals surface area contributed by atoms with Gasteiger partial charge in [-0.05, 0) is 13.8 Å². The van der Waals surface area contributed by atoms with Crippen molar-refractivity contribution in [1.29, 1.82) is 0 Å². The smallest absolute Gasteiger partial charge is 0.244 e. The van der Waals surface area contributed by atoms with Gasteiger partial charge >= 0.3 is 0 Å². The summed E-state index contributed by atoms with van der Waals surface area (Å²) in [5.41, 5.74) is 6.07. The van der Waals surface area contributed by atoms with Crippen LogP contribution in [0.5, 0.6) is 0 Å². The third-order valence-electron chi connectivity index (χ3n) is 3.08. The van der Waals surface area contributed by atoms with E-state index in [1.807, 2.05) is 0 Å². The summed E-state index contributed by atoms with van der Waals surface area (Å²) < 4.78 is 28.7. The fourth-order valence-electron chi connectivity index (χ4n) is 1.58. The summed E-state index contributed by atoms with van der Waals surface area (Å²) in [4.78, 5) is 0.489. The van der Waals surface area contributed by atoms with E-state index in [9.17, 15) is 8.42 Å². The quantitative estimate of drug-likeness (QED) is 0.779. The Bertz CT molecular complexity index is 602. The summed E-state index contributed by atoms with van der Waals surface area (Å²) >= 11 is 4.92. The van der Waals surface area contributed by atoms with Gasteiger partial charge < -0.3 is 5.73 Å². The summed E-state index contributed by atoms with van der Waals surface area (Å²) in [6.45, 7) is 7.12. The molecule has 0 unspecified atom stereocenters. The van der Waals surface area contributed by atoms with Crippen LogP contribution < -0.4 is 10.5 Å². The molecular formula is C11H20N4O2S2. The first-order valence-electron chi connectivity index (χ1n) is 5.79. The lowest BCUT2D eigenvalue weighted by molar-refractivity contribution is 0.501. The second kappa shape index (κ2) is 5.18. The van der Waals surface area contributed by atoms with Crippen molar-refractivity contribution in [3.8, 4) is 0 Å². The van der Waals surface area contributed by atoms with Gasteiger partial charge in [0.25, 0.3) is 0 Å². The van der Waals surface area contributed by atoms with Crippen LogP contribution in [0.25, 0.3) is 0 Å². The Kier molecular flexibility index (Phi) is 4.38. The van der Waals surface area contributed by atoms with Crippen molar-refractivity contribution < 1.29 is 8.42 Å². The zero-order valence-corrected chi connectivity index (χ0v) is 13.4. The van der Waals surface area contributed by atoms with Crippen LogP contribution in [0, 0.1) is 19.3 Å². The molecule has 1 heterocycles. The lowest BCUT2D eigenvalue weighted by Crippen LogP contribution is -2.41. The molecule has 19 heavy (non-hydrogen) atoms. The average molecular weight is 304 g/mol. The highest BCUT2D eigenvalue weighted by atomic mass is 32.2. The van der Waals surface area contributed by atoms with E-state index in [1.54, 1.807) is 39.4 Å². The fraction of sp³-hybridized carbons (Fsp3) is 0.636. The van der Waals surface area contributed by atoms with E-state index >= 15 is 0 Å². The van der Waals surface area contributed by atoms with Gasteiger partial charge in [0.1, 0.15) is 4.90 Å². The van der Waals surface area contributed by atoms with Crippen molar-refractivity contribution in [3.63, 3.8) is 0 Å². The lowest BCUT2D eigenvalue weighted by atomic mass is 9.94. The SMILES string of the molecule is Cc1nn(C)c(C)c1S(=O)(=O)NCC(C)(C)C(N)=S. The summed E-state index contributed by atoms with van der Waals surface area (Å²) in [7, 11) is -1.91. The van der Waals surface area contributed by atoms with Crippen molar-refractivity contribution >= 4 is 27.2 Å². The number of hydrogen-bond donors (Lipinski definition) is 2. The number of nitrogens with two attached hydrogens (primary N) is 1. The highest BCUT2D eigenvalue weighted by molar-refractivity contribution is 7.89. The first-order valence-corrected chi connectivity index (χ1v) is 7.68. The third-order valence-corrected chi connectivity index (χ3v) is 5.29. The number of hydrogen-bond acceptors (Lipinski definition) is 4. The van der Waals surface area contributed by atoms with Gasteiger partial charge in [-0.25, -0.2) is 13.1 Å². The molecule has 0 aliphatic heterocycles. The van der Waals surface area contributed by atoms with Crippen LogP contribution in [-0.4, -0.2) is 29.7 Å². The summed E-state index contributed by atoms with van der Waals surface area (Å²) in [5, 5.41) is 4.10. The predicted octanol–water partition coefficient (Wildman–Crippen LogP) is 0.628. The van der Waals surface area contributed by atoms with Gasteiger partial charge in [0.05, 0.1) is 16.4 Å². The highest BCUT2D eigenvalue weighted by Crippen LogP contribution is 2.20. The lowest BCUT2D eigenvalue weighted by Gasteiger charge is -2.23. The Hall–Kier alpha value is -0.990. The van der Waals surface area contributed by atoms with E-state index in [-0.39, 0.29) is 16.4 Å². The Morgan fingerprint density at radius 3 is 2.37 bits per heavy atom. The van der Waals surface area contributed by atoms with Crippen molar-refractivity contribution in [2.24, 2.45) is 18.2 Å². The van der Waals surface area contributed by atoms with Crippen LogP contribution in [-0.2, 0) is 17.1 Å². The molecule has 0 bridgehead atoms. The van der Waals surface area contributed by atoms with Crippen LogP contribution in [0.1, 0.15) is 25.2 Å². The van der Waals surface area contributed by atoms with Gasteiger partial charge in [-0.1, -0.05) is 26.1 Å². The van der Waals surface area contributed by atoms with Gasteiger partial charge in [0.15, 0.2) is 0 Å². The summed E-state index contributed by atoms with van der Waals surface area (Å²) in [6.07, 6.45) is 0. The predicted molar refractivity (Wildman–Crippen MR) is 78.4 cm³/mol. The van der Waals surface area contributed by atoms with Gasteiger partial charge in [-0.3, -0.25) is 4.68 Å². The molecule has 0 radical (unpaired) electrons. The first kappa shape index (κ1) is 16.1. The van der Waals surface area contributed by atoms with Crippen molar-refractivity contribution in [1.82, 2.24) is 14.5 Å². The maximum atomic E-state index is 12.3. The van der Waals surface area contributed by atoms with Gasteiger partial charge in [-0.15, -0.1) is 0 Å². The number of aromatic nitrogens is 2. The zero-order chi connectivity index (χ0) is 15.0. The molecule has 0 amide bonds. The van der Waals surface area contributed by atoms with E-state index in [2.05, 4.69) is 9.82 Å². The number of nitrogens with zero attached hydrogens (tertiary/aromatic N) is 2. The molecule has 0 saturated carbocycles. The molecule has 0 fully saturated rings. The van der Waals surface area contributed by atoms with Crippen LogP contribution in [0.4, 0.5) is 0 Å². The number of aryl methyl sites for hydroxylation is 2. The largest absolute Gasteiger partial charge is 0.393 e. The first-order chi connectivity index (χ1) is 8.49. The normalized spacial score (nSPS) is 12.7. The molecule has 3 N–H and O–H groups in total. The van der Waals surface area contributed by atoms with E-state index in [1.165, 1.54) is 0 Å². The second-order valence-corrected chi connectivity index (χ2v) is 7.34. The molecule has 1 aromatic heterocycles.